The Morgan fingerprint density at radius 2 is 2.04 bits per heavy atom. The van der Waals surface area contributed by atoms with E-state index in [1.807, 2.05) is 7.05 Å². The first-order valence-corrected chi connectivity index (χ1v) is 10.1. The number of rotatable bonds is 3. The van der Waals surface area contributed by atoms with Crippen molar-refractivity contribution in [1.82, 2.24) is 9.88 Å². The van der Waals surface area contributed by atoms with E-state index in [9.17, 15) is 13.2 Å². The van der Waals surface area contributed by atoms with Crippen molar-refractivity contribution in [3.05, 3.63) is 40.9 Å². The molecule has 5 rings (SSSR count). The molecule has 2 nitrogen and oxygen atoms in total. The van der Waals surface area contributed by atoms with Gasteiger partial charge in [-0.15, -0.1) is 0 Å². The van der Waals surface area contributed by atoms with Crippen LogP contribution in [0.4, 0.5) is 13.2 Å². The molecular weight excluding hydrogens is 349 g/mol. The lowest BCUT2D eigenvalue weighted by atomic mass is 9.69. The summed E-state index contributed by atoms with van der Waals surface area (Å²) in [5.41, 5.74) is 5.26. The van der Waals surface area contributed by atoms with Crippen LogP contribution >= 0.6 is 0 Å². The van der Waals surface area contributed by atoms with Gasteiger partial charge in [0.05, 0.1) is 5.92 Å². The third-order valence-corrected chi connectivity index (χ3v) is 7.11. The number of benzene rings is 1. The van der Waals surface area contributed by atoms with E-state index >= 15 is 0 Å². The minimum Gasteiger partial charge on any atom is -0.358 e. The Morgan fingerprint density at radius 3 is 2.70 bits per heavy atom. The Balaban J connectivity index is 1.57. The zero-order valence-corrected chi connectivity index (χ0v) is 15.9. The highest BCUT2D eigenvalue weighted by Crippen LogP contribution is 2.52. The van der Waals surface area contributed by atoms with Gasteiger partial charge in [-0.2, -0.15) is 13.2 Å². The summed E-state index contributed by atoms with van der Waals surface area (Å²) in [5, 5.41) is 1.31. The Labute approximate surface area is 158 Å². The molecule has 3 aliphatic rings. The van der Waals surface area contributed by atoms with Gasteiger partial charge in [-0.25, -0.2) is 0 Å². The van der Waals surface area contributed by atoms with Crippen LogP contribution in [-0.2, 0) is 6.42 Å². The monoisotopic (exact) mass is 375 g/mol. The Morgan fingerprint density at radius 1 is 1.26 bits per heavy atom. The Kier molecular flexibility index (Phi) is 3.91. The molecule has 1 saturated carbocycles. The molecule has 145 valence electrons. The van der Waals surface area contributed by atoms with Crippen LogP contribution in [0.1, 0.15) is 61.3 Å². The van der Waals surface area contributed by atoms with Gasteiger partial charge in [0.25, 0.3) is 0 Å². The van der Waals surface area contributed by atoms with Gasteiger partial charge in [0.2, 0.25) is 0 Å². The maximum Gasteiger partial charge on any atom is 0.395 e. The van der Waals surface area contributed by atoms with Gasteiger partial charge in [-0.1, -0.05) is 19.1 Å². The first kappa shape index (κ1) is 17.6. The zero-order valence-electron chi connectivity index (χ0n) is 15.9. The average molecular weight is 375 g/mol. The summed E-state index contributed by atoms with van der Waals surface area (Å²) in [6.45, 7) is 2.15. The van der Waals surface area contributed by atoms with E-state index in [1.54, 1.807) is 6.92 Å². The Bertz CT molecular complexity index is 864. The van der Waals surface area contributed by atoms with Crippen molar-refractivity contribution in [2.24, 2.45) is 5.92 Å². The molecule has 0 amide bonds. The summed E-state index contributed by atoms with van der Waals surface area (Å²) in [7, 11) is 2.02. The summed E-state index contributed by atoms with van der Waals surface area (Å²) in [4.78, 5) is 5.85. The van der Waals surface area contributed by atoms with Crippen molar-refractivity contribution in [3.63, 3.8) is 0 Å². The molecule has 1 aromatic heterocycles. The van der Waals surface area contributed by atoms with Gasteiger partial charge < -0.3 is 9.88 Å². The molecule has 3 atom stereocenters. The van der Waals surface area contributed by atoms with E-state index in [4.69, 9.17) is 0 Å². The highest BCUT2D eigenvalue weighted by atomic mass is 19.4. The average Bonchev–Trinajstić information content (AvgIpc) is 3.38. The normalized spacial score (nSPS) is 28.7. The second-order valence-corrected chi connectivity index (χ2v) is 8.69. The van der Waals surface area contributed by atoms with Crippen molar-refractivity contribution in [2.75, 3.05) is 13.6 Å². The van der Waals surface area contributed by atoms with E-state index in [0.717, 1.165) is 6.42 Å². The second-order valence-electron chi connectivity index (χ2n) is 8.69. The van der Waals surface area contributed by atoms with Crippen LogP contribution in [0, 0.1) is 11.8 Å². The zero-order chi connectivity index (χ0) is 18.9. The van der Waals surface area contributed by atoms with E-state index in [1.165, 1.54) is 40.6 Å². The van der Waals surface area contributed by atoms with Crippen LogP contribution in [0.15, 0.2) is 18.2 Å². The summed E-state index contributed by atoms with van der Waals surface area (Å²) >= 11 is 0. The van der Waals surface area contributed by atoms with Gasteiger partial charge in [-0.05, 0) is 68.2 Å². The molecule has 0 bridgehead atoms. The van der Waals surface area contributed by atoms with E-state index < -0.39 is 12.1 Å². The van der Waals surface area contributed by atoms with Gasteiger partial charge in [0, 0.05) is 35.1 Å². The minimum absolute atomic E-state index is 0.0881. The van der Waals surface area contributed by atoms with Gasteiger partial charge in [-0.3, -0.25) is 0 Å². The highest BCUT2D eigenvalue weighted by molar-refractivity contribution is 5.90. The van der Waals surface area contributed by atoms with E-state index in [0.29, 0.717) is 24.9 Å². The van der Waals surface area contributed by atoms with Gasteiger partial charge in [0.1, 0.15) is 0 Å². The van der Waals surface area contributed by atoms with Gasteiger partial charge >= 0.3 is 6.18 Å². The number of hydrogen-bond acceptors (Lipinski definition) is 1. The number of likely N-dealkylation sites (tertiary alicyclic amines) is 1. The van der Waals surface area contributed by atoms with Crippen molar-refractivity contribution in [1.29, 1.82) is 0 Å². The fourth-order valence-corrected chi connectivity index (χ4v) is 5.75. The molecule has 27 heavy (non-hydrogen) atoms. The SMILES string of the molecule is CC[C]([C@@H]1C[C@@H]2c3cccc4[nH]c(C5CC5)c(c34)C[C@H]2N(C)C1)C(F)(F)F. The minimum atomic E-state index is -4.19. The summed E-state index contributed by atoms with van der Waals surface area (Å²) in [5.74, 6) is 0.193. The smallest absolute Gasteiger partial charge is 0.358 e. The van der Waals surface area contributed by atoms with E-state index in [2.05, 4.69) is 28.1 Å². The number of likely N-dealkylation sites (N-methyl/N-ethyl adjacent to an activating group) is 1. The van der Waals surface area contributed by atoms with Crippen LogP contribution in [-0.4, -0.2) is 35.7 Å². The molecule has 5 heteroatoms. The van der Waals surface area contributed by atoms with Crippen LogP contribution in [0.2, 0.25) is 0 Å². The molecule has 1 saturated heterocycles. The molecule has 2 heterocycles. The quantitative estimate of drug-likeness (QED) is 0.745. The maximum atomic E-state index is 13.6. The molecule has 0 spiro atoms. The molecule has 2 fully saturated rings. The largest absolute Gasteiger partial charge is 0.395 e. The van der Waals surface area contributed by atoms with Crippen molar-refractivity contribution < 1.29 is 13.2 Å². The van der Waals surface area contributed by atoms with Crippen LogP contribution < -0.4 is 0 Å². The highest BCUT2D eigenvalue weighted by Gasteiger charge is 2.49. The van der Waals surface area contributed by atoms with Crippen molar-refractivity contribution in [3.8, 4) is 0 Å². The Hall–Kier alpha value is -1.49. The lowest BCUT2D eigenvalue weighted by Crippen LogP contribution is -2.50. The van der Waals surface area contributed by atoms with Crippen molar-refractivity contribution in [2.45, 2.75) is 63.1 Å². The number of nitrogens with one attached hydrogen (secondary N) is 1. The van der Waals surface area contributed by atoms with E-state index in [-0.39, 0.29) is 18.3 Å². The number of fused-ring (bicyclic) bond motifs is 2. The summed E-state index contributed by atoms with van der Waals surface area (Å²) in [6, 6.07) is 6.65. The number of H-pyrrole nitrogens is 1. The van der Waals surface area contributed by atoms with Crippen LogP contribution in [0.25, 0.3) is 10.9 Å². The predicted octanol–water partition coefficient (Wildman–Crippen LogP) is 5.55. The number of aromatic nitrogens is 1. The summed E-state index contributed by atoms with van der Waals surface area (Å²) in [6.07, 6.45) is -0.0233. The molecule has 2 aromatic rings. The molecular formula is C22H26F3N2. The second kappa shape index (κ2) is 6.00. The first-order chi connectivity index (χ1) is 12.9. The molecule has 1 aliphatic heterocycles. The molecule has 1 radical (unpaired) electrons. The maximum absolute atomic E-state index is 13.6. The molecule has 0 unspecified atom stereocenters. The summed E-state index contributed by atoms with van der Waals surface area (Å²) < 4.78 is 40.7. The first-order valence-electron chi connectivity index (χ1n) is 10.1. The molecule has 2 aliphatic carbocycles. The number of nitrogens with zero attached hydrogens (tertiary/aromatic N) is 1. The number of halogens is 3. The number of piperidine rings is 1. The standard InChI is InChI=1S/C22H26F3N2/c1-3-17(22(23,24)25)13-9-15-14-5-4-6-18-20(14)16(10-19(15)27(2)11-13)21(26-18)12-7-8-12/h4-6,12-13,15,19,26H,3,7-11H2,1-2H3/t13-,15-,19-/m1/s1. The lowest BCUT2D eigenvalue weighted by molar-refractivity contribution is -0.130. The molecule has 1 N–H and O–H groups in total. The third-order valence-electron chi connectivity index (χ3n) is 7.11. The number of aromatic amines is 1. The topological polar surface area (TPSA) is 19.0 Å². The van der Waals surface area contributed by atoms with Crippen LogP contribution in [0.5, 0.6) is 0 Å². The number of hydrogen-bond donors (Lipinski definition) is 1. The predicted molar refractivity (Wildman–Crippen MR) is 101 cm³/mol. The fourth-order valence-electron chi connectivity index (χ4n) is 5.75. The third kappa shape index (κ3) is 2.72. The van der Waals surface area contributed by atoms with Crippen LogP contribution in [0.3, 0.4) is 0 Å². The lowest BCUT2D eigenvalue weighted by Gasteiger charge is -2.47. The number of alkyl halides is 3. The van der Waals surface area contributed by atoms with Crippen molar-refractivity contribution >= 4 is 10.9 Å². The molecule has 1 aromatic carbocycles. The fraction of sp³-hybridized carbons (Fsp3) is 0.591. The van der Waals surface area contributed by atoms with Gasteiger partial charge in [0.15, 0.2) is 0 Å².